The van der Waals surface area contributed by atoms with Gasteiger partial charge in [-0.2, -0.15) is 0 Å². The number of para-hydroxylation sites is 2. The molecule has 48 valence electrons. The molecule has 3 heteroatoms. The topological polar surface area (TPSA) is 52.0 Å². The van der Waals surface area contributed by atoms with Gasteiger partial charge in [0.15, 0.2) is 0 Å². The van der Waals surface area contributed by atoms with Crippen molar-refractivity contribution in [1.29, 1.82) is 0 Å². The van der Waals surface area contributed by atoms with Gasteiger partial charge in [-0.25, -0.2) is 0 Å². The van der Waals surface area contributed by atoms with Crippen LogP contribution in [0.15, 0.2) is 24.3 Å². The van der Waals surface area contributed by atoms with E-state index >= 15 is 0 Å². The number of rotatable bonds is 0. The summed E-state index contributed by atoms with van der Waals surface area (Å²) in [6.45, 7) is 0. The number of anilines is 2. The van der Waals surface area contributed by atoms with Crippen LogP contribution in [0, 0.1) is 0 Å². The molecule has 2 nitrogen and oxygen atoms in total. The van der Waals surface area contributed by atoms with Crippen molar-refractivity contribution in [1.82, 2.24) is 0 Å². The Labute approximate surface area is 65.0 Å². The number of nitrogen functional groups attached to an aromatic ring is 2. The molecule has 0 heterocycles. The average molecular weight is 160 g/mol. The van der Waals surface area contributed by atoms with Crippen molar-refractivity contribution in [3.63, 3.8) is 0 Å². The Morgan fingerprint density at radius 2 is 1.22 bits per heavy atom. The third kappa shape index (κ3) is 1.97. The van der Waals surface area contributed by atoms with Crippen LogP contribution in [0.5, 0.6) is 0 Å². The van der Waals surface area contributed by atoms with E-state index < -0.39 is 0 Å². The maximum atomic E-state index is 5.39. The third-order valence-corrected chi connectivity index (χ3v) is 0.996. The Kier molecular flexibility index (Phi) is 3.15. The maximum Gasteiger partial charge on any atom is 0.0547 e. The largest absolute Gasteiger partial charge is 0.397 e. The van der Waals surface area contributed by atoms with E-state index in [0.29, 0.717) is 11.4 Å². The van der Waals surface area contributed by atoms with Gasteiger partial charge >= 0.3 is 0 Å². The summed E-state index contributed by atoms with van der Waals surface area (Å²) in [5.41, 5.74) is 12.1. The van der Waals surface area contributed by atoms with Crippen molar-refractivity contribution < 1.29 is 17.4 Å². The van der Waals surface area contributed by atoms with Gasteiger partial charge in [0.05, 0.1) is 11.4 Å². The summed E-state index contributed by atoms with van der Waals surface area (Å²) >= 11 is 0. The van der Waals surface area contributed by atoms with Crippen molar-refractivity contribution >= 4 is 11.4 Å². The summed E-state index contributed by atoms with van der Waals surface area (Å²) < 4.78 is 0. The van der Waals surface area contributed by atoms with Gasteiger partial charge in [0, 0.05) is 17.4 Å². The minimum Gasteiger partial charge on any atom is -0.397 e. The first-order valence-electron chi connectivity index (χ1n) is 2.40. The number of hydrogen-bond acceptors (Lipinski definition) is 2. The van der Waals surface area contributed by atoms with Crippen molar-refractivity contribution in [2.24, 2.45) is 0 Å². The van der Waals surface area contributed by atoms with Crippen LogP contribution in [-0.2, 0) is 17.4 Å². The van der Waals surface area contributed by atoms with Crippen LogP contribution < -0.4 is 11.5 Å². The summed E-state index contributed by atoms with van der Waals surface area (Å²) in [7, 11) is 0. The van der Waals surface area contributed by atoms with Gasteiger partial charge in [0.25, 0.3) is 0 Å². The Morgan fingerprint density at radius 3 is 1.44 bits per heavy atom. The van der Waals surface area contributed by atoms with Gasteiger partial charge in [-0.1, -0.05) is 12.1 Å². The fourth-order valence-electron chi connectivity index (χ4n) is 0.511. The quantitative estimate of drug-likeness (QED) is 0.553. The zero-order valence-corrected chi connectivity index (χ0v) is 6.15. The molecule has 0 saturated heterocycles. The van der Waals surface area contributed by atoms with E-state index in [4.69, 9.17) is 11.5 Å². The molecule has 9 heavy (non-hydrogen) atoms. The molecule has 4 N–H and O–H groups in total. The molecule has 0 aliphatic carbocycles. The van der Waals surface area contributed by atoms with Gasteiger partial charge in [0.1, 0.15) is 0 Å². The van der Waals surface area contributed by atoms with Gasteiger partial charge in [-0.15, -0.1) is 0 Å². The first-order valence-corrected chi connectivity index (χ1v) is 2.40. The minimum atomic E-state index is 0. The van der Waals surface area contributed by atoms with E-state index in [1.54, 1.807) is 12.1 Å². The van der Waals surface area contributed by atoms with Crippen LogP contribution >= 0.6 is 0 Å². The Morgan fingerprint density at radius 1 is 0.889 bits per heavy atom. The minimum absolute atomic E-state index is 0. The molecule has 0 spiro atoms. The number of benzene rings is 1. The second-order valence-corrected chi connectivity index (χ2v) is 1.63. The molecule has 0 saturated carbocycles. The van der Waals surface area contributed by atoms with Crippen LogP contribution in [0.3, 0.4) is 0 Å². The molecule has 0 fully saturated rings. The molecule has 0 atom stereocenters. The predicted octanol–water partition coefficient (Wildman–Crippen LogP) is 0.849. The molecule has 1 aromatic rings. The molecular formula is C6H8CrN2. The first kappa shape index (κ1) is 8.35. The van der Waals surface area contributed by atoms with Crippen molar-refractivity contribution in [3.8, 4) is 0 Å². The van der Waals surface area contributed by atoms with Crippen molar-refractivity contribution in [2.45, 2.75) is 0 Å². The molecule has 0 amide bonds. The van der Waals surface area contributed by atoms with Gasteiger partial charge in [0.2, 0.25) is 0 Å². The molecule has 1 rings (SSSR count). The summed E-state index contributed by atoms with van der Waals surface area (Å²) in [6, 6.07) is 7.25. The van der Waals surface area contributed by atoms with Gasteiger partial charge < -0.3 is 11.5 Å². The van der Waals surface area contributed by atoms with Crippen molar-refractivity contribution in [3.05, 3.63) is 24.3 Å². The first-order chi connectivity index (χ1) is 3.80. The van der Waals surface area contributed by atoms with E-state index in [1.165, 1.54) is 0 Å². The average Bonchev–Trinajstić information content (AvgIpc) is 1.77. The van der Waals surface area contributed by atoms with Crippen LogP contribution in [0.2, 0.25) is 0 Å². The van der Waals surface area contributed by atoms with E-state index in [1.807, 2.05) is 12.1 Å². The molecular weight excluding hydrogens is 152 g/mol. The van der Waals surface area contributed by atoms with Gasteiger partial charge in [-0.3, -0.25) is 0 Å². The standard InChI is InChI=1S/C6H8N2.Cr/c7-5-3-1-2-4-6(5)8;/h1-4H,7-8H2;. The SMILES string of the molecule is Nc1ccccc1N.[Cr]. The monoisotopic (exact) mass is 160 g/mol. The molecule has 0 unspecified atom stereocenters. The summed E-state index contributed by atoms with van der Waals surface area (Å²) in [5, 5.41) is 0. The van der Waals surface area contributed by atoms with Crippen LogP contribution in [0.4, 0.5) is 11.4 Å². The van der Waals surface area contributed by atoms with Crippen LogP contribution in [0.1, 0.15) is 0 Å². The molecule has 0 aliphatic heterocycles. The Bertz CT molecular complexity index is 167. The molecule has 0 aromatic heterocycles. The number of nitrogens with two attached hydrogens (primary N) is 2. The normalized spacial score (nSPS) is 8.00. The van der Waals surface area contributed by atoms with E-state index in [2.05, 4.69) is 0 Å². The van der Waals surface area contributed by atoms with E-state index in [9.17, 15) is 0 Å². The molecule has 1 aromatic carbocycles. The molecule has 0 bridgehead atoms. The van der Waals surface area contributed by atoms with E-state index in [0.717, 1.165) is 0 Å². The Hall–Kier alpha value is -0.648. The van der Waals surface area contributed by atoms with Gasteiger partial charge in [-0.05, 0) is 12.1 Å². The zero-order chi connectivity index (χ0) is 5.98. The Balaban J connectivity index is 0.000000640. The second kappa shape index (κ2) is 3.39. The molecule has 0 radical (unpaired) electrons. The fourth-order valence-corrected chi connectivity index (χ4v) is 0.511. The van der Waals surface area contributed by atoms with Crippen LogP contribution in [-0.4, -0.2) is 0 Å². The summed E-state index contributed by atoms with van der Waals surface area (Å²) in [6.07, 6.45) is 0. The summed E-state index contributed by atoms with van der Waals surface area (Å²) in [5.74, 6) is 0. The van der Waals surface area contributed by atoms with Crippen molar-refractivity contribution in [2.75, 3.05) is 11.5 Å². The zero-order valence-electron chi connectivity index (χ0n) is 4.87. The van der Waals surface area contributed by atoms with E-state index in [-0.39, 0.29) is 17.4 Å². The number of hydrogen-bond donors (Lipinski definition) is 2. The van der Waals surface area contributed by atoms with Crippen LogP contribution in [0.25, 0.3) is 0 Å². The second-order valence-electron chi connectivity index (χ2n) is 1.63. The summed E-state index contributed by atoms with van der Waals surface area (Å²) in [4.78, 5) is 0. The maximum absolute atomic E-state index is 5.39. The smallest absolute Gasteiger partial charge is 0.0547 e. The fraction of sp³-hybridized carbons (Fsp3) is 0. The third-order valence-electron chi connectivity index (χ3n) is 0.996. The molecule has 0 aliphatic rings. The predicted molar refractivity (Wildman–Crippen MR) is 35.3 cm³/mol.